The lowest BCUT2D eigenvalue weighted by atomic mass is 10.2. The third-order valence-corrected chi connectivity index (χ3v) is 2.45. The van der Waals surface area contributed by atoms with E-state index in [4.69, 9.17) is 10.9 Å². The molecule has 0 fully saturated rings. The molecule has 7 heteroatoms. The van der Waals surface area contributed by atoms with Crippen molar-refractivity contribution in [2.45, 2.75) is 19.5 Å². The number of amides is 1. The average molecular weight is 251 g/mol. The van der Waals surface area contributed by atoms with E-state index in [0.717, 1.165) is 5.56 Å². The van der Waals surface area contributed by atoms with Crippen molar-refractivity contribution in [3.63, 3.8) is 0 Å². The van der Waals surface area contributed by atoms with Gasteiger partial charge >= 0.3 is 0 Å². The van der Waals surface area contributed by atoms with Crippen LogP contribution in [-0.2, 0) is 11.3 Å². The molecule has 1 unspecified atom stereocenters. The monoisotopic (exact) mass is 251 g/mol. The highest BCUT2D eigenvalue weighted by atomic mass is 16.4. The molecule has 1 aromatic rings. The molecule has 7 nitrogen and oxygen atoms in total. The van der Waals surface area contributed by atoms with Gasteiger partial charge in [0.25, 0.3) is 0 Å². The lowest BCUT2D eigenvalue weighted by Crippen LogP contribution is -2.40. The molecule has 1 amide bonds. The third-order valence-electron chi connectivity index (χ3n) is 2.45. The summed E-state index contributed by atoms with van der Waals surface area (Å²) in [5.41, 5.74) is 6.73. The Hall–Kier alpha value is -2.15. The SMILES string of the molecule is CNC(=O)C(C)NCc1ccnc(C(N)=NO)c1. The van der Waals surface area contributed by atoms with Crippen molar-refractivity contribution < 1.29 is 10.0 Å². The number of pyridine rings is 1. The lowest BCUT2D eigenvalue weighted by Gasteiger charge is -2.12. The van der Waals surface area contributed by atoms with E-state index in [-0.39, 0.29) is 17.8 Å². The Labute approximate surface area is 105 Å². The summed E-state index contributed by atoms with van der Waals surface area (Å²) in [6.45, 7) is 2.26. The largest absolute Gasteiger partial charge is 0.409 e. The molecule has 18 heavy (non-hydrogen) atoms. The standard InChI is InChI=1S/C11H17N5O2/c1-7(11(17)13-2)15-6-8-3-4-14-9(5-8)10(12)16-18/h3-5,7,15,18H,6H2,1-2H3,(H2,12,16)(H,13,17). The number of carbonyl (C=O) groups is 1. The molecule has 0 radical (unpaired) electrons. The molecule has 0 aliphatic heterocycles. The fraction of sp³-hybridized carbons (Fsp3) is 0.364. The summed E-state index contributed by atoms with van der Waals surface area (Å²) in [4.78, 5) is 15.3. The zero-order valence-electron chi connectivity index (χ0n) is 10.3. The van der Waals surface area contributed by atoms with Crippen molar-refractivity contribution in [2.24, 2.45) is 10.9 Å². The van der Waals surface area contributed by atoms with E-state index in [1.807, 2.05) is 0 Å². The predicted molar refractivity (Wildman–Crippen MR) is 67.1 cm³/mol. The highest BCUT2D eigenvalue weighted by Gasteiger charge is 2.10. The Morgan fingerprint density at radius 3 is 3.00 bits per heavy atom. The van der Waals surface area contributed by atoms with Crippen molar-refractivity contribution >= 4 is 11.7 Å². The van der Waals surface area contributed by atoms with Crippen LogP contribution in [-0.4, -0.2) is 35.0 Å². The summed E-state index contributed by atoms with van der Waals surface area (Å²) < 4.78 is 0. The molecule has 0 aliphatic rings. The molecule has 0 saturated heterocycles. The van der Waals surface area contributed by atoms with Crippen LogP contribution < -0.4 is 16.4 Å². The number of oxime groups is 1. The molecule has 0 aliphatic carbocycles. The van der Waals surface area contributed by atoms with Gasteiger partial charge in [-0.25, -0.2) is 0 Å². The van der Waals surface area contributed by atoms with E-state index >= 15 is 0 Å². The Bertz CT molecular complexity index is 447. The number of nitrogens with one attached hydrogen (secondary N) is 2. The first kappa shape index (κ1) is 13.9. The van der Waals surface area contributed by atoms with Crippen LogP contribution in [0.2, 0.25) is 0 Å². The molecule has 1 rings (SSSR count). The van der Waals surface area contributed by atoms with Gasteiger partial charge in [0, 0.05) is 19.8 Å². The minimum Gasteiger partial charge on any atom is -0.409 e. The first-order chi connectivity index (χ1) is 8.58. The number of hydrogen-bond acceptors (Lipinski definition) is 5. The summed E-state index contributed by atoms with van der Waals surface area (Å²) in [5.74, 6) is -0.128. The number of hydrogen-bond donors (Lipinski definition) is 4. The minimum absolute atomic E-state index is 0.0452. The molecule has 1 aromatic heterocycles. The van der Waals surface area contributed by atoms with Gasteiger partial charge in [-0.2, -0.15) is 0 Å². The molecular weight excluding hydrogens is 234 g/mol. The first-order valence-electron chi connectivity index (χ1n) is 5.46. The number of carbonyl (C=O) groups excluding carboxylic acids is 1. The van der Waals surface area contributed by atoms with Gasteiger partial charge < -0.3 is 21.6 Å². The maximum absolute atomic E-state index is 11.3. The maximum atomic E-state index is 11.3. The summed E-state index contributed by atoms with van der Waals surface area (Å²) in [5, 5.41) is 17.0. The molecule has 1 heterocycles. The zero-order valence-corrected chi connectivity index (χ0v) is 10.3. The van der Waals surface area contributed by atoms with Gasteiger partial charge in [-0.15, -0.1) is 0 Å². The molecular formula is C11H17N5O2. The van der Waals surface area contributed by atoms with Crippen LogP contribution in [0.5, 0.6) is 0 Å². The van der Waals surface area contributed by atoms with Crippen LogP contribution >= 0.6 is 0 Å². The maximum Gasteiger partial charge on any atom is 0.236 e. The van der Waals surface area contributed by atoms with Gasteiger partial charge in [0.15, 0.2) is 5.84 Å². The number of aromatic nitrogens is 1. The lowest BCUT2D eigenvalue weighted by molar-refractivity contribution is -0.122. The fourth-order valence-corrected chi connectivity index (χ4v) is 1.36. The van der Waals surface area contributed by atoms with E-state index in [0.29, 0.717) is 12.2 Å². The van der Waals surface area contributed by atoms with Gasteiger partial charge in [-0.3, -0.25) is 9.78 Å². The minimum atomic E-state index is -0.296. The quantitative estimate of drug-likeness (QED) is 0.241. The second-order valence-electron chi connectivity index (χ2n) is 3.75. The van der Waals surface area contributed by atoms with E-state index in [2.05, 4.69) is 20.8 Å². The molecule has 0 bridgehead atoms. The van der Waals surface area contributed by atoms with Crippen molar-refractivity contribution in [1.82, 2.24) is 15.6 Å². The first-order valence-corrected chi connectivity index (χ1v) is 5.46. The van der Waals surface area contributed by atoms with Crippen LogP contribution in [0.15, 0.2) is 23.5 Å². The molecule has 0 spiro atoms. The number of amidine groups is 1. The zero-order chi connectivity index (χ0) is 13.5. The van der Waals surface area contributed by atoms with Gasteiger partial charge in [0.2, 0.25) is 5.91 Å². The highest BCUT2D eigenvalue weighted by Crippen LogP contribution is 2.02. The van der Waals surface area contributed by atoms with Crippen LogP contribution in [0.25, 0.3) is 0 Å². The van der Waals surface area contributed by atoms with Crippen LogP contribution in [0.4, 0.5) is 0 Å². The molecule has 0 saturated carbocycles. The summed E-state index contributed by atoms with van der Waals surface area (Å²) in [7, 11) is 1.59. The number of nitrogens with zero attached hydrogens (tertiary/aromatic N) is 2. The van der Waals surface area contributed by atoms with Crippen LogP contribution in [0.3, 0.4) is 0 Å². The average Bonchev–Trinajstić information content (AvgIpc) is 2.43. The van der Waals surface area contributed by atoms with Crippen molar-refractivity contribution in [2.75, 3.05) is 7.05 Å². The molecule has 0 aromatic carbocycles. The Balaban J connectivity index is 2.66. The van der Waals surface area contributed by atoms with Gasteiger partial charge in [-0.05, 0) is 24.6 Å². The third kappa shape index (κ3) is 3.70. The smallest absolute Gasteiger partial charge is 0.236 e. The summed E-state index contributed by atoms with van der Waals surface area (Å²) in [6, 6.07) is 3.19. The van der Waals surface area contributed by atoms with Crippen molar-refractivity contribution in [1.29, 1.82) is 0 Å². The fourth-order valence-electron chi connectivity index (χ4n) is 1.36. The molecule has 98 valence electrons. The summed E-state index contributed by atoms with van der Waals surface area (Å²) in [6.07, 6.45) is 1.56. The second kappa shape index (κ2) is 6.55. The number of nitrogens with two attached hydrogens (primary N) is 1. The Morgan fingerprint density at radius 2 is 2.39 bits per heavy atom. The molecule has 1 atom stereocenters. The van der Waals surface area contributed by atoms with Gasteiger partial charge in [-0.1, -0.05) is 5.16 Å². The van der Waals surface area contributed by atoms with Crippen LogP contribution in [0.1, 0.15) is 18.2 Å². The molecule has 5 N–H and O–H groups in total. The summed E-state index contributed by atoms with van der Waals surface area (Å²) >= 11 is 0. The Kier molecular flexibility index (Phi) is 5.06. The van der Waals surface area contributed by atoms with Gasteiger partial charge in [0.1, 0.15) is 5.69 Å². The number of rotatable bonds is 5. The van der Waals surface area contributed by atoms with Gasteiger partial charge in [0.05, 0.1) is 6.04 Å². The second-order valence-corrected chi connectivity index (χ2v) is 3.75. The van der Waals surface area contributed by atoms with E-state index in [1.54, 1.807) is 32.3 Å². The number of likely N-dealkylation sites (N-methyl/N-ethyl adjacent to an activating group) is 1. The topological polar surface area (TPSA) is 113 Å². The Morgan fingerprint density at radius 1 is 1.67 bits per heavy atom. The van der Waals surface area contributed by atoms with E-state index < -0.39 is 0 Å². The van der Waals surface area contributed by atoms with Crippen molar-refractivity contribution in [3.8, 4) is 0 Å². The van der Waals surface area contributed by atoms with E-state index in [9.17, 15) is 4.79 Å². The predicted octanol–water partition coefficient (Wildman–Crippen LogP) is -0.600. The normalized spacial score (nSPS) is 13.1. The highest BCUT2D eigenvalue weighted by molar-refractivity contribution is 5.95. The van der Waals surface area contributed by atoms with Crippen molar-refractivity contribution in [3.05, 3.63) is 29.6 Å². The van der Waals surface area contributed by atoms with E-state index in [1.165, 1.54) is 0 Å². The van der Waals surface area contributed by atoms with Crippen LogP contribution in [0, 0.1) is 0 Å².